The van der Waals surface area contributed by atoms with E-state index in [0.29, 0.717) is 11.6 Å². The van der Waals surface area contributed by atoms with Crippen LogP contribution in [0.3, 0.4) is 0 Å². The third kappa shape index (κ3) is 3.11. The number of phenols is 1. The van der Waals surface area contributed by atoms with Crippen LogP contribution < -0.4 is 0 Å². The Kier molecular flexibility index (Phi) is 4.64. The molecule has 1 fully saturated rings. The number of piperidine rings is 1. The number of halogens is 2. The van der Waals surface area contributed by atoms with Gasteiger partial charge in [0, 0.05) is 11.4 Å². The second-order valence-electron chi connectivity index (χ2n) is 8.08. The first-order valence-electron chi connectivity index (χ1n) is 10.1. The highest BCUT2D eigenvalue weighted by Crippen LogP contribution is 2.36. The molecule has 7 heteroatoms. The zero-order valence-electron chi connectivity index (χ0n) is 16.9. The number of nitrogens with zero attached hydrogens (tertiary/aromatic N) is 4. The van der Waals surface area contributed by atoms with E-state index < -0.39 is 11.6 Å². The van der Waals surface area contributed by atoms with Gasteiger partial charge in [0.05, 0.1) is 22.3 Å². The predicted molar refractivity (Wildman–Crippen MR) is 118 cm³/mol. The summed E-state index contributed by atoms with van der Waals surface area (Å²) < 4.78 is 16.4. The van der Waals surface area contributed by atoms with E-state index in [1.807, 2.05) is 31.3 Å². The molecule has 154 valence electrons. The van der Waals surface area contributed by atoms with E-state index in [-0.39, 0.29) is 5.02 Å². The summed E-state index contributed by atoms with van der Waals surface area (Å²) in [6.45, 7) is 4.16. The fraction of sp³-hybridized carbons (Fsp3) is 0.304. The Bertz CT molecular complexity index is 1250. The summed E-state index contributed by atoms with van der Waals surface area (Å²) in [5, 5.41) is 10.6. The van der Waals surface area contributed by atoms with Gasteiger partial charge in [-0.3, -0.25) is 4.98 Å². The van der Waals surface area contributed by atoms with Crippen LogP contribution in [0.4, 0.5) is 4.39 Å². The first-order valence-corrected chi connectivity index (χ1v) is 10.4. The van der Waals surface area contributed by atoms with Crippen molar-refractivity contribution in [2.24, 2.45) is 0 Å². The van der Waals surface area contributed by atoms with Crippen LogP contribution in [0.2, 0.25) is 5.02 Å². The standard InChI is InChI=1S/C23H22ClFN4O/c1-13-27-21-12-26-20-4-3-14(15-10-18(24)23(30)19(25)11-15)9-17(20)22(21)29(13)16-5-7-28(2)8-6-16/h3-4,9-12,16,30H,5-8H2,1-2H3. The third-order valence-electron chi connectivity index (χ3n) is 6.10. The van der Waals surface area contributed by atoms with Crippen molar-refractivity contribution < 1.29 is 9.50 Å². The Morgan fingerprint density at radius 2 is 1.87 bits per heavy atom. The minimum atomic E-state index is -0.735. The summed E-state index contributed by atoms with van der Waals surface area (Å²) in [7, 11) is 2.16. The molecule has 1 aliphatic rings. The van der Waals surface area contributed by atoms with Crippen molar-refractivity contribution in [3.05, 3.63) is 53.2 Å². The monoisotopic (exact) mass is 424 g/mol. The van der Waals surface area contributed by atoms with Crippen LogP contribution in [0.25, 0.3) is 33.1 Å². The minimum absolute atomic E-state index is 0.00589. The van der Waals surface area contributed by atoms with Gasteiger partial charge in [0.1, 0.15) is 11.3 Å². The highest BCUT2D eigenvalue weighted by molar-refractivity contribution is 6.32. The van der Waals surface area contributed by atoms with Gasteiger partial charge in [-0.1, -0.05) is 17.7 Å². The fourth-order valence-electron chi connectivity index (χ4n) is 4.50. The molecule has 1 saturated heterocycles. The number of benzene rings is 2. The predicted octanol–water partition coefficient (Wildman–Crippen LogP) is 5.32. The SMILES string of the molecule is Cc1nc2cnc3ccc(-c4cc(F)c(O)c(Cl)c4)cc3c2n1C1CCN(C)CC1. The van der Waals surface area contributed by atoms with Crippen LogP contribution in [0.1, 0.15) is 24.7 Å². The number of rotatable bonds is 2. The number of aromatic nitrogens is 3. The van der Waals surface area contributed by atoms with Crippen molar-refractivity contribution in [3.63, 3.8) is 0 Å². The van der Waals surface area contributed by atoms with E-state index >= 15 is 0 Å². The Hall–Kier alpha value is -2.70. The first kappa shape index (κ1) is 19.3. The Morgan fingerprint density at radius 1 is 1.10 bits per heavy atom. The lowest BCUT2D eigenvalue weighted by molar-refractivity contribution is 0.222. The van der Waals surface area contributed by atoms with Gasteiger partial charge in [-0.2, -0.15) is 0 Å². The quantitative estimate of drug-likeness (QED) is 0.473. The summed E-state index contributed by atoms with van der Waals surface area (Å²) in [5.41, 5.74) is 4.22. The average Bonchev–Trinajstić information content (AvgIpc) is 3.08. The normalized spacial score (nSPS) is 16.0. The van der Waals surface area contributed by atoms with E-state index in [1.165, 1.54) is 6.07 Å². The Morgan fingerprint density at radius 3 is 2.60 bits per heavy atom. The number of hydrogen-bond acceptors (Lipinski definition) is 4. The van der Waals surface area contributed by atoms with Crippen LogP contribution >= 0.6 is 11.6 Å². The lowest BCUT2D eigenvalue weighted by atomic mass is 10.0. The summed E-state index contributed by atoms with van der Waals surface area (Å²) >= 11 is 6.00. The van der Waals surface area contributed by atoms with Crippen LogP contribution in [0.5, 0.6) is 5.75 Å². The molecule has 0 amide bonds. The summed E-state index contributed by atoms with van der Waals surface area (Å²) in [6, 6.07) is 9.11. The molecule has 0 saturated carbocycles. The number of fused-ring (bicyclic) bond motifs is 3. The van der Waals surface area contributed by atoms with Crippen LogP contribution in [0, 0.1) is 12.7 Å². The molecule has 0 spiro atoms. The number of aryl methyl sites for hydroxylation is 1. The molecule has 0 aliphatic carbocycles. The highest BCUT2D eigenvalue weighted by atomic mass is 35.5. The molecule has 0 atom stereocenters. The van der Waals surface area contributed by atoms with Crippen LogP contribution in [-0.2, 0) is 0 Å². The molecule has 0 radical (unpaired) electrons. The maximum atomic E-state index is 14.1. The van der Waals surface area contributed by atoms with Gasteiger partial charge in [0.15, 0.2) is 11.6 Å². The van der Waals surface area contributed by atoms with Crippen LogP contribution in [0.15, 0.2) is 36.5 Å². The van der Waals surface area contributed by atoms with Gasteiger partial charge < -0.3 is 14.6 Å². The molecule has 1 N–H and O–H groups in total. The number of aromatic hydroxyl groups is 1. The third-order valence-corrected chi connectivity index (χ3v) is 6.38. The second kappa shape index (κ2) is 7.22. The highest BCUT2D eigenvalue weighted by Gasteiger charge is 2.23. The minimum Gasteiger partial charge on any atom is -0.504 e. The van der Waals surface area contributed by atoms with Gasteiger partial charge >= 0.3 is 0 Å². The molecule has 0 bridgehead atoms. The molecule has 5 rings (SSSR count). The lowest BCUT2D eigenvalue weighted by Crippen LogP contribution is -2.31. The zero-order chi connectivity index (χ0) is 21.0. The summed E-state index contributed by atoms with van der Waals surface area (Å²) in [6.07, 6.45) is 3.98. The lowest BCUT2D eigenvalue weighted by Gasteiger charge is -2.31. The molecular weight excluding hydrogens is 403 g/mol. The van der Waals surface area contributed by atoms with E-state index in [0.717, 1.165) is 59.3 Å². The summed E-state index contributed by atoms with van der Waals surface area (Å²) in [5.74, 6) is -0.277. The number of imidazole rings is 1. The molecule has 30 heavy (non-hydrogen) atoms. The van der Waals surface area contributed by atoms with E-state index in [2.05, 4.69) is 21.5 Å². The van der Waals surface area contributed by atoms with Crippen molar-refractivity contribution in [1.29, 1.82) is 0 Å². The van der Waals surface area contributed by atoms with Crippen molar-refractivity contribution in [2.45, 2.75) is 25.8 Å². The topological polar surface area (TPSA) is 54.2 Å². The van der Waals surface area contributed by atoms with E-state index in [4.69, 9.17) is 16.6 Å². The number of likely N-dealkylation sites (tertiary alicyclic amines) is 1. The van der Waals surface area contributed by atoms with E-state index in [1.54, 1.807) is 6.07 Å². The first-order chi connectivity index (χ1) is 14.4. The number of pyridine rings is 1. The Balaban J connectivity index is 1.72. The maximum absolute atomic E-state index is 14.1. The molecule has 2 aromatic heterocycles. The zero-order valence-corrected chi connectivity index (χ0v) is 17.6. The maximum Gasteiger partial charge on any atom is 0.170 e. The molecule has 5 nitrogen and oxygen atoms in total. The molecule has 3 heterocycles. The van der Waals surface area contributed by atoms with Gasteiger partial charge in [-0.25, -0.2) is 9.37 Å². The van der Waals surface area contributed by atoms with Gasteiger partial charge in [-0.15, -0.1) is 0 Å². The Labute approximate surface area is 178 Å². The molecule has 1 aliphatic heterocycles. The van der Waals surface area contributed by atoms with Crippen molar-refractivity contribution >= 4 is 33.5 Å². The van der Waals surface area contributed by atoms with Gasteiger partial charge in [0.2, 0.25) is 0 Å². The number of hydrogen-bond donors (Lipinski definition) is 1. The van der Waals surface area contributed by atoms with Gasteiger partial charge in [0.25, 0.3) is 0 Å². The second-order valence-corrected chi connectivity index (χ2v) is 8.48. The smallest absolute Gasteiger partial charge is 0.170 e. The van der Waals surface area contributed by atoms with Crippen molar-refractivity contribution in [3.8, 4) is 16.9 Å². The molecule has 2 aromatic carbocycles. The average molecular weight is 425 g/mol. The largest absolute Gasteiger partial charge is 0.504 e. The van der Waals surface area contributed by atoms with Crippen LogP contribution in [-0.4, -0.2) is 44.7 Å². The fourth-order valence-corrected chi connectivity index (χ4v) is 4.71. The van der Waals surface area contributed by atoms with Crippen molar-refractivity contribution in [2.75, 3.05) is 20.1 Å². The van der Waals surface area contributed by atoms with E-state index in [9.17, 15) is 9.50 Å². The summed E-state index contributed by atoms with van der Waals surface area (Å²) in [4.78, 5) is 11.7. The number of phenolic OH excluding ortho intramolecular Hbond substituents is 1. The van der Waals surface area contributed by atoms with Gasteiger partial charge in [-0.05, 0) is 75.3 Å². The molecule has 4 aromatic rings. The molecular formula is C23H22ClFN4O. The molecule has 0 unspecified atom stereocenters. The van der Waals surface area contributed by atoms with Crippen molar-refractivity contribution in [1.82, 2.24) is 19.4 Å².